The van der Waals surface area contributed by atoms with Gasteiger partial charge in [-0.25, -0.2) is 4.98 Å². The van der Waals surface area contributed by atoms with Crippen molar-refractivity contribution in [2.75, 3.05) is 33.3 Å². The van der Waals surface area contributed by atoms with Gasteiger partial charge in [-0.3, -0.25) is 24.0 Å². The summed E-state index contributed by atoms with van der Waals surface area (Å²) in [6, 6.07) is 4.09. The summed E-state index contributed by atoms with van der Waals surface area (Å²) in [7, 11) is 1.40. The van der Waals surface area contributed by atoms with Crippen molar-refractivity contribution in [2.24, 2.45) is 11.3 Å². The van der Waals surface area contributed by atoms with Gasteiger partial charge in [0.05, 0.1) is 18.6 Å². The second-order valence-corrected chi connectivity index (χ2v) is 12.7. The van der Waals surface area contributed by atoms with Crippen molar-refractivity contribution in [3.8, 4) is 5.75 Å². The molecule has 15 heteroatoms. The number of ether oxygens (including phenoxy) is 1. The van der Waals surface area contributed by atoms with E-state index < -0.39 is 54.0 Å². The Morgan fingerprint density at radius 3 is 2.38 bits per heavy atom. The molecule has 2 aromatic rings. The maximum Gasteiger partial charge on any atom is 0.271 e. The van der Waals surface area contributed by atoms with Crippen molar-refractivity contribution in [3.63, 3.8) is 0 Å². The van der Waals surface area contributed by atoms with E-state index in [1.807, 2.05) is 32.0 Å². The first-order valence-corrected chi connectivity index (χ1v) is 15.6. The Morgan fingerprint density at radius 1 is 1.06 bits per heavy atom. The van der Waals surface area contributed by atoms with Gasteiger partial charge >= 0.3 is 0 Å². The molecule has 0 radical (unpaired) electrons. The van der Waals surface area contributed by atoms with Crippen LogP contribution in [0.2, 0.25) is 0 Å². The van der Waals surface area contributed by atoms with E-state index in [-0.39, 0.29) is 30.1 Å². The van der Waals surface area contributed by atoms with Crippen LogP contribution in [0.1, 0.15) is 56.6 Å². The van der Waals surface area contributed by atoms with Crippen LogP contribution in [0.5, 0.6) is 5.75 Å². The van der Waals surface area contributed by atoms with Crippen LogP contribution in [0, 0.1) is 11.3 Å². The molecule has 0 saturated carbocycles. The van der Waals surface area contributed by atoms with E-state index in [9.17, 15) is 29.1 Å². The number of nitrogens with zero attached hydrogens (tertiary/aromatic N) is 3. The Hall–Kier alpha value is -4.17. The van der Waals surface area contributed by atoms with Crippen molar-refractivity contribution in [3.05, 3.63) is 48.0 Å². The van der Waals surface area contributed by atoms with Gasteiger partial charge in [-0.2, -0.15) is 0 Å². The normalized spacial score (nSPS) is 23.7. The molecule has 1 aromatic carbocycles. The summed E-state index contributed by atoms with van der Waals surface area (Å²) in [6.07, 6.45) is 3.47. The molecule has 1 unspecified atom stereocenters. The lowest BCUT2D eigenvalue weighted by molar-refractivity contribution is -0.144. The van der Waals surface area contributed by atoms with E-state index in [0.29, 0.717) is 50.3 Å². The van der Waals surface area contributed by atoms with Gasteiger partial charge < -0.3 is 40.6 Å². The monoisotopic (exact) mass is 675 g/mol. The maximum absolute atomic E-state index is 13.6. The minimum atomic E-state index is -1.32. The van der Waals surface area contributed by atoms with Crippen LogP contribution in [0.4, 0.5) is 0 Å². The lowest BCUT2D eigenvalue weighted by Crippen LogP contribution is -2.59. The summed E-state index contributed by atoms with van der Waals surface area (Å²) < 4.78 is 5.76. The zero-order valence-electron chi connectivity index (χ0n) is 27.4. The molecule has 258 valence electrons. The second-order valence-electron chi connectivity index (χ2n) is 12.7. The first-order valence-electron chi connectivity index (χ1n) is 15.6. The number of aromatic nitrogens is 2. The number of carbonyl (C=O) groups excluding carboxylic acids is 5. The molecule has 14 nitrogen and oxygen atoms in total. The fraction of sp³-hybridized carbons (Fsp3) is 0.562. The van der Waals surface area contributed by atoms with Crippen LogP contribution >= 0.6 is 12.4 Å². The highest BCUT2D eigenvalue weighted by molar-refractivity contribution is 5.94. The second kappa shape index (κ2) is 16.1. The third kappa shape index (κ3) is 9.22. The van der Waals surface area contributed by atoms with Crippen LogP contribution in [0.25, 0.3) is 0 Å². The van der Waals surface area contributed by atoms with Crippen LogP contribution in [-0.4, -0.2) is 112 Å². The van der Waals surface area contributed by atoms with Crippen molar-refractivity contribution in [1.82, 2.24) is 35.7 Å². The summed E-state index contributed by atoms with van der Waals surface area (Å²) in [4.78, 5) is 75.7. The minimum absolute atomic E-state index is 0. The molecule has 0 aliphatic carbocycles. The van der Waals surface area contributed by atoms with Crippen molar-refractivity contribution >= 4 is 41.9 Å². The van der Waals surface area contributed by atoms with Gasteiger partial charge in [-0.15, -0.1) is 12.4 Å². The first-order chi connectivity index (χ1) is 21.8. The Morgan fingerprint density at radius 2 is 1.77 bits per heavy atom. The van der Waals surface area contributed by atoms with Gasteiger partial charge in [0.1, 0.15) is 29.6 Å². The largest absolute Gasteiger partial charge is 0.484 e. The van der Waals surface area contributed by atoms with Gasteiger partial charge in [0.25, 0.3) is 11.8 Å². The number of likely N-dealkylation sites (tertiary alicyclic amines) is 1. The lowest BCUT2D eigenvalue weighted by atomic mass is 9.73. The molecule has 5 N–H and O–H groups in total. The lowest BCUT2D eigenvalue weighted by Gasteiger charge is -2.42. The van der Waals surface area contributed by atoms with Crippen molar-refractivity contribution in [2.45, 2.75) is 71.2 Å². The third-order valence-electron chi connectivity index (χ3n) is 8.94. The van der Waals surface area contributed by atoms with E-state index in [1.165, 1.54) is 33.4 Å². The molecule has 4 atom stereocenters. The number of aromatic amines is 1. The van der Waals surface area contributed by atoms with E-state index in [4.69, 9.17) is 4.74 Å². The molecule has 2 bridgehead atoms. The highest BCUT2D eigenvalue weighted by atomic mass is 35.5. The molecular formula is C32H46ClN7O7. The predicted molar refractivity (Wildman–Crippen MR) is 175 cm³/mol. The van der Waals surface area contributed by atoms with Crippen LogP contribution < -0.4 is 20.7 Å². The summed E-state index contributed by atoms with van der Waals surface area (Å²) in [6.45, 7) is 7.35. The topological polar surface area (TPSA) is 186 Å². The molecule has 2 aliphatic rings. The third-order valence-corrected chi connectivity index (χ3v) is 8.94. The number of piperidine rings is 1. The Balaban J connectivity index is 0.00000600. The number of H-pyrrole nitrogens is 1. The summed E-state index contributed by atoms with van der Waals surface area (Å²) in [5.74, 6) is -2.17. The molecule has 1 saturated heterocycles. The Bertz CT molecular complexity index is 1410. The smallest absolute Gasteiger partial charge is 0.271 e. The molecule has 4 rings (SSSR count). The van der Waals surface area contributed by atoms with Gasteiger partial charge in [0.2, 0.25) is 17.7 Å². The molecule has 2 aliphatic heterocycles. The zero-order chi connectivity index (χ0) is 33.6. The average molecular weight is 676 g/mol. The number of hydrogen-bond acceptors (Lipinski definition) is 8. The SMILES string of the molecule is CC(C)C1NC(=O)[C@H](C)N(C)C(=O)[C@H]([C@@H](C)O)NC(=O)COc2cccc(c2)CC2(CCN(C(=O)c3cnc[nH]3)CC2)CNC1=O.Cl. The zero-order valence-corrected chi connectivity index (χ0v) is 28.3. The van der Waals surface area contributed by atoms with Gasteiger partial charge in [0.15, 0.2) is 6.61 Å². The number of imidazole rings is 1. The number of fused-ring (bicyclic) bond motifs is 2. The highest BCUT2D eigenvalue weighted by Crippen LogP contribution is 2.36. The number of halogens is 1. The summed E-state index contributed by atoms with van der Waals surface area (Å²) >= 11 is 0. The van der Waals surface area contributed by atoms with Gasteiger partial charge in [0, 0.05) is 26.7 Å². The molecule has 47 heavy (non-hydrogen) atoms. The van der Waals surface area contributed by atoms with Crippen molar-refractivity contribution < 1.29 is 33.8 Å². The van der Waals surface area contributed by atoms with E-state index in [1.54, 1.807) is 11.0 Å². The standard InChI is InChI=1S/C32H45N7O7.ClH/c1-19(2)26-29(43)34-17-32(9-11-39(12-10-32)30(44)24-15-33-18-35-24)14-22-7-6-8-23(13-22)46-16-25(41)36-27(21(4)40)31(45)38(5)20(3)28(42)37-26;/h6-8,13,15,18-21,26-27,40H,9-12,14,16-17H2,1-5H3,(H,33,35)(H,34,43)(H,36,41)(H,37,42);1H/t20-,21+,26?,27-;/m0./s1. The van der Waals surface area contributed by atoms with Crippen LogP contribution in [-0.2, 0) is 25.6 Å². The summed E-state index contributed by atoms with van der Waals surface area (Å²) in [5, 5.41) is 18.7. The number of rotatable bonds is 3. The number of amides is 5. The van der Waals surface area contributed by atoms with Crippen molar-refractivity contribution in [1.29, 1.82) is 0 Å². The Labute approximate surface area is 280 Å². The van der Waals surface area contributed by atoms with Gasteiger partial charge in [-0.1, -0.05) is 26.0 Å². The fourth-order valence-corrected chi connectivity index (χ4v) is 5.85. The van der Waals surface area contributed by atoms with Crippen LogP contribution in [0.15, 0.2) is 36.8 Å². The number of likely N-dealkylation sites (N-methyl/N-ethyl adjacent to an activating group) is 1. The highest BCUT2D eigenvalue weighted by Gasteiger charge is 2.39. The number of carbonyl (C=O) groups is 5. The number of benzene rings is 1. The molecule has 1 fully saturated rings. The first kappa shape index (κ1) is 37.3. The number of nitrogens with one attached hydrogen (secondary N) is 4. The Kier molecular flexibility index (Phi) is 12.8. The minimum Gasteiger partial charge on any atom is -0.484 e. The molecular weight excluding hydrogens is 630 g/mol. The molecule has 1 aromatic heterocycles. The average Bonchev–Trinajstić information content (AvgIpc) is 3.58. The molecule has 1 spiro atoms. The number of aliphatic hydroxyl groups excluding tert-OH is 1. The van der Waals surface area contributed by atoms with E-state index in [2.05, 4.69) is 25.9 Å². The summed E-state index contributed by atoms with van der Waals surface area (Å²) in [5.41, 5.74) is 0.907. The van der Waals surface area contributed by atoms with E-state index >= 15 is 0 Å². The fourth-order valence-electron chi connectivity index (χ4n) is 5.85. The maximum atomic E-state index is 13.6. The van der Waals surface area contributed by atoms with Crippen LogP contribution in [0.3, 0.4) is 0 Å². The quantitative estimate of drug-likeness (QED) is 0.314. The number of hydrogen-bond donors (Lipinski definition) is 5. The molecule has 5 amide bonds. The molecule has 3 heterocycles. The van der Waals surface area contributed by atoms with Gasteiger partial charge in [-0.05, 0) is 62.1 Å². The predicted octanol–water partition coefficient (Wildman–Crippen LogP) is 0.659. The van der Waals surface area contributed by atoms with E-state index in [0.717, 1.165) is 10.5 Å². The number of aliphatic hydroxyl groups is 1.